The molecule has 0 radical (unpaired) electrons. The van der Waals surface area contributed by atoms with Gasteiger partial charge in [-0.25, -0.2) is 4.98 Å². The summed E-state index contributed by atoms with van der Waals surface area (Å²) in [6.45, 7) is 2.07. The number of benzene rings is 2. The largest absolute Gasteiger partial charge is 0.481 e. The maximum absolute atomic E-state index is 12.5. The Morgan fingerprint density at radius 3 is 2.62 bits per heavy atom. The smallest absolute Gasteiger partial charge is 0.313 e. The second kappa shape index (κ2) is 7.93. The lowest BCUT2D eigenvalue weighted by atomic mass is 10.0. The van der Waals surface area contributed by atoms with Gasteiger partial charge in [0.1, 0.15) is 0 Å². The van der Waals surface area contributed by atoms with E-state index < -0.39 is 5.97 Å². The van der Waals surface area contributed by atoms with Crippen LogP contribution in [0.4, 0.5) is 0 Å². The van der Waals surface area contributed by atoms with Crippen LogP contribution in [0.3, 0.4) is 0 Å². The van der Waals surface area contributed by atoms with Gasteiger partial charge in [0, 0.05) is 17.0 Å². The van der Waals surface area contributed by atoms with Gasteiger partial charge in [-0.1, -0.05) is 54.6 Å². The Kier molecular flexibility index (Phi) is 5.64. The van der Waals surface area contributed by atoms with Crippen LogP contribution in [0.15, 0.2) is 41.6 Å². The molecule has 0 aliphatic carbocycles. The van der Waals surface area contributed by atoms with Gasteiger partial charge in [0.15, 0.2) is 10.9 Å². The molecule has 3 aromatic rings. The predicted molar refractivity (Wildman–Crippen MR) is 103 cm³/mol. The van der Waals surface area contributed by atoms with Gasteiger partial charge in [0.05, 0.1) is 16.8 Å². The Morgan fingerprint density at radius 1 is 1.23 bits per heavy atom. The van der Waals surface area contributed by atoms with Crippen molar-refractivity contribution >= 4 is 46.1 Å². The second-order valence-corrected chi connectivity index (χ2v) is 7.21. The molecule has 0 fully saturated rings. The SMILES string of the molecule is CCc1ccc(C(=O)Cc2cc3[nH]c(SCC(=O)O)nc3cc2Cl)cc1. The minimum absolute atomic E-state index is 0.00565. The third-order valence-corrected chi connectivity index (χ3v) is 5.21. The van der Waals surface area contributed by atoms with Crippen molar-refractivity contribution < 1.29 is 14.7 Å². The molecule has 0 aliphatic rings. The number of aryl methyl sites for hydroxylation is 1. The van der Waals surface area contributed by atoms with Crippen LogP contribution in [0.25, 0.3) is 11.0 Å². The number of carbonyl (C=O) groups is 2. The summed E-state index contributed by atoms with van der Waals surface area (Å²) in [6, 6.07) is 11.1. The molecule has 0 saturated carbocycles. The highest BCUT2D eigenvalue weighted by molar-refractivity contribution is 7.99. The van der Waals surface area contributed by atoms with E-state index >= 15 is 0 Å². The number of imidazole rings is 1. The summed E-state index contributed by atoms with van der Waals surface area (Å²) in [5, 5.41) is 9.74. The van der Waals surface area contributed by atoms with Gasteiger partial charge in [-0.2, -0.15) is 0 Å². The number of ketones is 1. The van der Waals surface area contributed by atoms with Crippen LogP contribution in [-0.2, 0) is 17.6 Å². The van der Waals surface area contributed by atoms with E-state index in [1.54, 1.807) is 12.1 Å². The van der Waals surface area contributed by atoms with Crippen LogP contribution >= 0.6 is 23.4 Å². The highest BCUT2D eigenvalue weighted by Gasteiger charge is 2.13. The van der Waals surface area contributed by atoms with Crippen molar-refractivity contribution in [3.8, 4) is 0 Å². The summed E-state index contributed by atoms with van der Waals surface area (Å²) in [5.41, 5.74) is 3.92. The zero-order valence-electron chi connectivity index (χ0n) is 14.1. The molecule has 2 N–H and O–H groups in total. The standard InChI is InChI=1S/C19H17ClN2O3S/c1-2-11-3-5-12(6-4-11)17(23)8-13-7-15-16(9-14(13)20)22-19(21-15)26-10-18(24)25/h3-7,9H,2,8,10H2,1H3,(H,21,22)(H,24,25). The summed E-state index contributed by atoms with van der Waals surface area (Å²) in [6.07, 6.45) is 1.12. The number of aromatic nitrogens is 2. The van der Waals surface area contributed by atoms with E-state index in [9.17, 15) is 9.59 Å². The van der Waals surface area contributed by atoms with Crippen LogP contribution in [0.2, 0.25) is 5.02 Å². The number of rotatable bonds is 7. The second-order valence-electron chi connectivity index (χ2n) is 5.84. The Labute approximate surface area is 159 Å². The third kappa shape index (κ3) is 4.26. The minimum atomic E-state index is -0.908. The summed E-state index contributed by atoms with van der Waals surface area (Å²) in [7, 11) is 0. The number of aliphatic carboxylic acids is 1. The topological polar surface area (TPSA) is 83.0 Å². The number of fused-ring (bicyclic) bond motifs is 1. The number of aromatic amines is 1. The average molecular weight is 389 g/mol. The lowest BCUT2D eigenvalue weighted by molar-refractivity contribution is -0.133. The molecule has 0 unspecified atom stereocenters. The van der Waals surface area contributed by atoms with Crippen molar-refractivity contribution in [3.63, 3.8) is 0 Å². The Hall–Kier alpha value is -2.31. The first-order valence-electron chi connectivity index (χ1n) is 8.11. The summed E-state index contributed by atoms with van der Waals surface area (Å²) in [5.74, 6) is -0.991. The summed E-state index contributed by atoms with van der Waals surface area (Å²) in [4.78, 5) is 30.6. The van der Waals surface area contributed by atoms with Gasteiger partial charge in [0.25, 0.3) is 0 Å². The van der Waals surface area contributed by atoms with Crippen molar-refractivity contribution in [2.45, 2.75) is 24.9 Å². The fraction of sp³-hybridized carbons (Fsp3) is 0.211. The fourth-order valence-corrected chi connectivity index (χ4v) is 3.42. The van der Waals surface area contributed by atoms with Gasteiger partial charge in [-0.3, -0.25) is 9.59 Å². The normalized spacial score (nSPS) is 11.0. The maximum Gasteiger partial charge on any atom is 0.313 e. The third-order valence-electron chi connectivity index (χ3n) is 4.00. The number of Topliss-reactive ketones (excluding diaryl/α,β-unsaturated/α-hetero) is 1. The molecule has 0 bridgehead atoms. The number of carboxylic acids is 1. The highest BCUT2D eigenvalue weighted by atomic mass is 35.5. The van der Waals surface area contributed by atoms with E-state index in [-0.39, 0.29) is 18.0 Å². The zero-order valence-corrected chi connectivity index (χ0v) is 15.7. The molecule has 2 aromatic carbocycles. The minimum Gasteiger partial charge on any atom is -0.481 e. The van der Waals surface area contributed by atoms with Gasteiger partial charge in [-0.05, 0) is 29.7 Å². The highest BCUT2D eigenvalue weighted by Crippen LogP contribution is 2.26. The van der Waals surface area contributed by atoms with Gasteiger partial charge in [-0.15, -0.1) is 0 Å². The van der Waals surface area contributed by atoms with Crippen molar-refractivity contribution in [3.05, 3.63) is 58.1 Å². The molecular weight excluding hydrogens is 372 g/mol. The molecule has 0 amide bonds. The van der Waals surface area contributed by atoms with Crippen LogP contribution in [0, 0.1) is 0 Å². The lowest BCUT2D eigenvalue weighted by Gasteiger charge is -2.05. The number of H-pyrrole nitrogens is 1. The van der Waals surface area contributed by atoms with Gasteiger partial charge >= 0.3 is 5.97 Å². The molecule has 3 rings (SSSR count). The molecular formula is C19H17ClN2O3S. The Morgan fingerprint density at radius 2 is 1.96 bits per heavy atom. The van der Waals surface area contributed by atoms with Gasteiger partial charge in [0.2, 0.25) is 0 Å². The Bertz CT molecular complexity index is 967. The molecule has 26 heavy (non-hydrogen) atoms. The first kappa shape index (κ1) is 18.5. The number of nitrogens with one attached hydrogen (secondary N) is 1. The van der Waals surface area contributed by atoms with Crippen molar-refractivity contribution in [1.82, 2.24) is 9.97 Å². The van der Waals surface area contributed by atoms with Crippen LogP contribution in [-0.4, -0.2) is 32.6 Å². The molecule has 1 aromatic heterocycles. The van der Waals surface area contributed by atoms with E-state index in [4.69, 9.17) is 16.7 Å². The molecule has 1 heterocycles. The number of hydrogen-bond donors (Lipinski definition) is 2. The monoisotopic (exact) mass is 388 g/mol. The van der Waals surface area contributed by atoms with E-state index in [1.807, 2.05) is 24.3 Å². The van der Waals surface area contributed by atoms with Crippen molar-refractivity contribution in [2.75, 3.05) is 5.75 Å². The molecule has 0 spiro atoms. The van der Waals surface area contributed by atoms with Crippen LogP contribution < -0.4 is 0 Å². The molecule has 0 saturated heterocycles. The van der Waals surface area contributed by atoms with Gasteiger partial charge < -0.3 is 10.1 Å². The van der Waals surface area contributed by atoms with E-state index in [0.717, 1.165) is 23.7 Å². The number of halogens is 1. The zero-order chi connectivity index (χ0) is 18.7. The predicted octanol–water partition coefficient (Wildman–Crippen LogP) is 4.38. The fourth-order valence-electron chi connectivity index (χ4n) is 2.59. The summed E-state index contributed by atoms with van der Waals surface area (Å²) < 4.78 is 0. The molecule has 0 atom stereocenters. The van der Waals surface area contributed by atoms with Crippen LogP contribution in [0.5, 0.6) is 0 Å². The lowest BCUT2D eigenvalue weighted by Crippen LogP contribution is -2.04. The summed E-state index contributed by atoms with van der Waals surface area (Å²) >= 11 is 7.42. The van der Waals surface area contributed by atoms with E-state index in [0.29, 0.717) is 26.8 Å². The number of nitrogens with zero attached hydrogens (tertiary/aromatic N) is 1. The molecule has 0 aliphatic heterocycles. The molecule has 5 nitrogen and oxygen atoms in total. The van der Waals surface area contributed by atoms with Crippen molar-refractivity contribution in [1.29, 1.82) is 0 Å². The first-order chi connectivity index (χ1) is 12.5. The quantitative estimate of drug-likeness (QED) is 0.463. The number of thioether (sulfide) groups is 1. The van der Waals surface area contributed by atoms with Crippen LogP contribution in [0.1, 0.15) is 28.4 Å². The maximum atomic E-state index is 12.5. The van der Waals surface area contributed by atoms with E-state index in [1.165, 1.54) is 5.56 Å². The number of hydrogen-bond acceptors (Lipinski definition) is 4. The van der Waals surface area contributed by atoms with E-state index in [2.05, 4.69) is 16.9 Å². The van der Waals surface area contributed by atoms with Crippen molar-refractivity contribution in [2.24, 2.45) is 0 Å². The number of carboxylic acid groups (broad SMARTS) is 1. The average Bonchev–Trinajstić information content (AvgIpc) is 3.02. The molecule has 134 valence electrons. The Balaban J connectivity index is 1.81. The molecule has 7 heteroatoms. The number of carbonyl (C=O) groups excluding carboxylic acids is 1. The first-order valence-corrected chi connectivity index (χ1v) is 9.47.